The van der Waals surface area contributed by atoms with Crippen LogP contribution in [0, 0.1) is 41.5 Å². The lowest BCUT2D eigenvalue weighted by Crippen LogP contribution is -1.82. The van der Waals surface area contributed by atoms with Crippen molar-refractivity contribution in [2.75, 3.05) is 0 Å². The van der Waals surface area contributed by atoms with Crippen molar-refractivity contribution < 1.29 is 0 Å². The van der Waals surface area contributed by atoms with E-state index in [4.69, 9.17) is 0 Å². The van der Waals surface area contributed by atoms with Gasteiger partial charge in [0.15, 0.2) is 0 Å². The zero-order chi connectivity index (χ0) is 18.8. The van der Waals surface area contributed by atoms with Crippen LogP contribution in [0.1, 0.15) is 33.4 Å². The Balaban J connectivity index is 0.000000151. The van der Waals surface area contributed by atoms with E-state index in [0.717, 1.165) is 0 Å². The van der Waals surface area contributed by atoms with Crippen molar-refractivity contribution in [1.82, 2.24) is 0 Å². The molecule has 0 unspecified atom stereocenters. The quantitative estimate of drug-likeness (QED) is 0.310. The summed E-state index contributed by atoms with van der Waals surface area (Å²) in [5, 5.41) is 5.42. The van der Waals surface area contributed by atoms with Crippen molar-refractivity contribution in [3.63, 3.8) is 0 Å². The van der Waals surface area contributed by atoms with E-state index in [1.54, 1.807) is 0 Å². The third-order valence-corrected chi connectivity index (χ3v) is 5.07. The molecule has 4 aromatic carbocycles. The van der Waals surface area contributed by atoms with Crippen LogP contribution in [0.4, 0.5) is 0 Å². The van der Waals surface area contributed by atoms with Crippen molar-refractivity contribution in [2.45, 2.75) is 41.5 Å². The molecule has 0 fully saturated rings. The second-order valence-corrected chi connectivity index (χ2v) is 7.59. The predicted octanol–water partition coefficient (Wildman–Crippen LogP) is 7.53. The summed E-state index contributed by atoms with van der Waals surface area (Å²) in [5.74, 6) is 0. The summed E-state index contributed by atoms with van der Waals surface area (Å²) in [6, 6.07) is 22.2. The highest BCUT2D eigenvalue weighted by Gasteiger charge is 1.98. The van der Waals surface area contributed by atoms with E-state index in [1.165, 1.54) is 54.9 Å². The van der Waals surface area contributed by atoms with E-state index in [2.05, 4.69) is 102 Å². The van der Waals surface area contributed by atoms with E-state index >= 15 is 0 Å². The molecule has 26 heavy (non-hydrogen) atoms. The van der Waals surface area contributed by atoms with E-state index in [1.807, 2.05) is 0 Å². The summed E-state index contributed by atoms with van der Waals surface area (Å²) in [6.45, 7) is 12.9. The molecule has 0 heteroatoms. The van der Waals surface area contributed by atoms with Gasteiger partial charge in [0.2, 0.25) is 0 Å². The van der Waals surface area contributed by atoms with Crippen molar-refractivity contribution in [2.24, 2.45) is 0 Å². The molecule has 0 spiro atoms. The second kappa shape index (κ2) is 7.33. The lowest BCUT2D eigenvalue weighted by atomic mass is 10.0. The highest BCUT2D eigenvalue weighted by molar-refractivity contribution is 5.87. The third-order valence-electron chi connectivity index (χ3n) is 5.07. The normalized spacial score (nSPS) is 10.7. The van der Waals surface area contributed by atoms with Gasteiger partial charge in [0, 0.05) is 0 Å². The van der Waals surface area contributed by atoms with E-state index in [9.17, 15) is 0 Å². The standard InChI is InChI=1S/2C13H14/c1-9-4-5-12-7-10(2)6-11(3)13(12)8-9;1-9-4-5-12-7-10(2)11(3)8-13(12)6-9/h2*4-8H,1-3H3. The summed E-state index contributed by atoms with van der Waals surface area (Å²) < 4.78 is 0. The fourth-order valence-electron chi connectivity index (χ4n) is 3.49. The molecule has 0 bridgehead atoms. The van der Waals surface area contributed by atoms with Crippen LogP contribution in [0.5, 0.6) is 0 Å². The number of hydrogen-bond acceptors (Lipinski definition) is 0. The van der Waals surface area contributed by atoms with Crippen LogP contribution in [0.15, 0.2) is 60.7 Å². The van der Waals surface area contributed by atoms with Crippen LogP contribution in [-0.4, -0.2) is 0 Å². The number of rotatable bonds is 0. The van der Waals surface area contributed by atoms with Crippen molar-refractivity contribution >= 4 is 21.5 Å². The smallest absolute Gasteiger partial charge is 0.0152 e. The Bertz CT molecular complexity index is 1080. The molecule has 0 atom stereocenters. The van der Waals surface area contributed by atoms with Gasteiger partial charge in [-0.15, -0.1) is 0 Å². The highest BCUT2D eigenvalue weighted by atomic mass is 14.0. The van der Waals surface area contributed by atoms with Gasteiger partial charge in [0.05, 0.1) is 0 Å². The first-order chi connectivity index (χ1) is 12.3. The predicted molar refractivity (Wildman–Crippen MR) is 116 cm³/mol. The maximum Gasteiger partial charge on any atom is -0.0152 e. The molecule has 132 valence electrons. The Morgan fingerprint density at radius 3 is 1.62 bits per heavy atom. The molecule has 0 aliphatic rings. The maximum absolute atomic E-state index is 2.26. The van der Waals surface area contributed by atoms with Crippen LogP contribution >= 0.6 is 0 Å². The lowest BCUT2D eigenvalue weighted by molar-refractivity contribution is 1.36. The van der Waals surface area contributed by atoms with E-state index in [-0.39, 0.29) is 0 Å². The first-order valence-electron chi connectivity index (χ1n) is 9.29. The fraction of sp³-hybridized carbons (Fsp3) is 0.231. The molecule has 0 nitrogen and oxygen atoms in total. The minimum atomic E-state index is 1.33. The minimum Gasteiger partial charge on any atom is -0.0587 e. The monoisotopic (exact) mass is 340 g/mol. The SMILES string of the molecule is Cc1cc(C)c2cc(C)ccc2c1.Cc1ccc2cc(C)c(C)cc2c1. The Morgan fingerprint density at radius 1 is 0.385 bits per heavy atom. The van der Waals surface area contributed by atoms with Crippen LogP contribution in [0.3, 0.4) is 0 Å². The molecule has 0 radical (unpaired) electrons. The summed E-state index contributed by atoms with van der Waals surface area (Å²) in [6.07, 6.45) is 0. The molecule has 0 aliphatic carbocycles. The largest absolute Gasteiger partial charge is 0.0587 e. The summed E-state index contributed by atoms with van der Waals surface area (Å²) in [5.41, 5.74) is 8.12. The topological polar surface area (TPSA) is 0 Å². The first-order valence-corrected chi connectivity index (χ1v) is 9.29. The van der Waals surface area contributed by atoms with Crippen LogP contribution < -0.4 is 0 Å². The number of hydrogen-bond donors (Lipinski definition) is 0. The van der Waals surface area contributed by atoms with Gasteiger partial charge in [0.25, 0.3) is 0 Å². The average molecular weight is 341 g/mol. The second-order valence-electron chi connectivity index (χ2n) is 7.59. The number of aryl methyl sites for hydroxylation is 6. The molecule has 0 amide bonds. The Morgan fingerprint density at radius 2 is 0.923 bits per heavy atom. The summed E-state index contributed by atoms with van der Waals surface area (Å²) in [4.78, 5) is 0. The van der Waals surface area contributed by atoms with Crippen LogP contribution in [0.25, 0.3) is 21.5 Å². The number of fused-ring (bicyclic) bond motifs is 2. The summed E-state index contributed by atoms with van der Waals surface area (Å²) >= 11 is 0. The molecular formula is C26H28. The average Bonchev–Trinajstić information content (AvgIpc) is 2.58. The van der Waals surface area contributed by atoms with E-state index in [0.29, 0.717) is 0 Å². The Labute approximate surface area is 157 Å². The van der Waals surface area contributed by atoms with Gasteiger partial charge in [-0.05, 0) is 79.8 Å². The molecule has 0 saturated heterocycles. The first kappa shape index (κ1) is 18.2. The van der Waals surface area contributed by atoms with Gasteiger partial charge in [0.1, 0.15) is 0 Å². The molecule has 0 saturated carbocycles. The lowest BCUT2D eigenvalue weighted by Gasteiger charge is -2.04. The van der Waals surface area contributed by atoms with Crippen molar-refractivity contribution in [3.8, 4) is 0 Å². The Hall–Kier alpha value is -2.60. The molecule has 0 aliphatic heterocycles. The Kier molecular flexibility index (Phi) is 5.13. The molecule has 4 rings (SSSR count). The number of benzene rings is 4. The van der Waals surface area contributed by atoms with Gasteiger partial charge in [-0.25, -0.2) is 0 Å². The molecule has 0 N–H and O–H groups in total. The highest BCUT2D eigenvalue weighted by Crippen LogP contribution is 2.22. The summed E-state index contributed by atoms with van der Waals surface area (Å²) in [7, 11) is 0. The zero-order valence-electron chi connectivity index (χ0n) is 16.8. The zero-order valence-corrected chi connectivity index (χ0v) is 16.8. The third kappa shape index (κ3) is 3.96. The van der Waals surface area contributed by atoms with Gasteiger partial charge in [-0.2, -0.15) is 0 Å². The molecule has 0 heterocycles. The van der Waals surface area contributed by atoms with Gasteiger partial charge in [-0.1, -0.05) is 77.4 Å². The van der Waals surface area contributed by atoms with Crippen molar-refractivity contribution in [3.05, 3.63) is 94.0 Å². The molecule has 4 aromatic rings. The van der Waals surface area contributed by atoms with Gasteiger partial charge in [-0.3, -0.25) is 0 Å². The van der Waals surface area contributed by atoms with Crippen LogP contribution in [0.2, 0.25) is 0 Å². The van der Waals surface area contributed by atoms with Crippen LogP contribution in [-0.2, 0) is 0 Å². The maximum atomic E-state index is 2.26. The minimum absolute atomic E-state index is 1.33. The fourth-order valence-corrected chi connectivity index (χ4v) is 3.49. The van der Waals surface area contributed by atoms with Crippen molar-refractivity contribution in [1.29, 1.82) is 0 Å². The molecular weight excluding hydrogens is 312 g/mol. The van der Waals surface area contributed by atoms with Gasteiger partial charge >= 0.3 is 0 Å². The van der Waals surface area contributed by atoms with Gasteiger partial charge < -0.3 is 0 Å². The van der Waals surface area contributed by atoms with E-state index < -0.39 is 0 Å². The molecule has 0 aromatic heterocycles.